The Morgan fingerprint density at radius 2 is 1.90 bits per heavy atom. The smallest absolute Gasteiger partial charge is 0.252 e. The predicted molar refractivity (Wildman–Crippen MR) is 127 cm³/mol. The number of nitrogens with zero attached hydrogens (tertiary/aromatic N) is 2. The van der Waals surface area contributed by atoms with Crippen LogP contribution in [-0.2, 0) is 14.8 Å². The summed E-state index contributed by atoms with van der Waals surface area (Å²) < 4.78 is 27.8. The molecule has 31 heavy (non-hydrogen) atoms. The summed E-state index contributed by atoms with van der Waals surface area (Å²) in [6.45, 7) is 4.59. The van der Waals surface area contributed by atoms with E-state index in [9.17, 15) is 13.2 Å². The highest BCUT2D eigenvalue weighted by atomic mass is 35.5. The molecule has 1 aromatic rings. The number of hydrogen-bond acceptors (Lipinski definition) is 5. The monoisotopic (exact) mass is 489 g/mol. The third-order valence-corrected chi connectivity index (χ3v) is 10.5. The molecular formula is C22H36ClN3O3S2. The van der Waals surface area contributed by atoms with Gasteiger partial charge in [0.2, 0.25) is 5.91 Å². The molecule has 0 radical (unpaired) electrons. The molecule has 3 rings (SSSR count). The van der Waals surface area contributed by atoms with Crippen molar-refractivity contribution in [3.63, 3.8) is 0 Å². The molecule has 1 atom stereocenters. The lowest BCUT2D eigenvalue weighted by atomic mass is 9.85. The number of sulfonamides is 1. The van der Waals surface area contributed by atoms with Crippen LogP contribution in [0.3, 0.4) is 0 Å². The highest BCUT2D eigenvalue weighted by Gasteiger charge is 2.34. The van der Waals surface area contributed by atoms with Crippen molar-refractivity contribution in [3.8, 4) is 0 Å². The van der Waals surface area contributed by atoms with E-state index in [1.165, 1.54) is 36.4 Å². The predicted octanol–water partition coefficient (Wildman–Crippen LogP) is 4.21. The van der Waals surface area contributed by atoms with E-state index in [0.717, 1.165) is 24.3 Å². The summed E-state index contributed by atoms with van der Waals surface area (Å²) in [5.74, 6) is 0.201. The molecule has 1 aromatic heterocycles. The normalized spacial score (nSPS) is 20.8. The Morgan fingerprint density at radius 1 is 1.23 bits per heavy atom. The minimum atomic E-state index is -3.48. The van der Waals surface area contributed by atoms with Crippen molar-refractivity contribution in [2.75, 3.05) is 33.2 Å². The molecule has 2 aliphatic rings. The first-order chi connectivity index (χ1) is 14.8. The lowest BCUT2D eigenvalue weighted by Crippen LogP contribution is -2.43. The SMILES string of the molecule is C[C@@H](C(=O)NCCCN(C)C1CCCCC1)C1CCN(S(=O)(=O)c2ccc(Cl)s2)CC1. The van der Waals surface area contributed by atoms with E-state index in [-0.39, 0.29) is 17.7 Å². The maximum absolute atomic E-state index is 12.7. The van der Waals surface area contributed by atoms with Crippen LogP contribution in [0, 0.1) is 11.8 Å². The van der Waals surface area contributed by atoms with Crippen LogP contribution >= 0.6 is 22.9 Å². The van der Waals surface area contributed by atoms with Gasteiger partial charge in [-0.1, -0.05) is 37.8 Å². The van der Waals surface area contributed by atoms with E-state index in [0.29, 0.717) is 47.1 Å². The minimum Gasteiger partial charge on any atom is -0.356 e. The molecule has 1 aliphatic heterocycles. The second kappa shape index (κ2) is 11.5. The molecule has 9 heteroatoms. The molecule has 0 bridgehead atoms. The van der Waals surface area contributed by atoms with Gasteiger partial charge in [0.25, 0.3) is 10.0 Å². The van der Waals surface area contributed by atoms with Crippen molar-refractivity contribution in [2.24, 2.45) is 11.8 Å². The van der Waals surface area contributed by atoms with Crippen molar-refractivity contribution in [1.29, 1.82) is 0 Å². The molecule has 2 heterocycles. The zero-order chi connectivity index (χ0) is 22.4. The quantitative estimate of drug-likeness (QED) is 0.527. The number of carbonyl (C=O) groups excluding carboxylic acids is 1. The van der Waals surface area contributed by atoms with Crippen LogP contribution in [0.4, 0.5) is 0 Å². The molecular weight excluding hydrogens is 454 g/mol. The third-order valence-electron chi connectivity index (χ3n) is 6.95. The number of nitrogens with one attached hydrogen (secondary N) is 1. The number of hydrogen-bond donors (Lipinski definition) is 1. The zero-order valence-corrected chi connectivity index (χ0v) is 21.1. The van der Waals surface area contributed by atoms with E-state index in [1.54, 1.807) is 12.1 Å². The molecule has 0 unspecified atom stereocenters. The van der Waals surface area contributed by atoms with Gasteiger partial charge >= 0.3 is 0 Å². The van der Waals surface area contributed by atoms with Gasteiger partial charge in [-0.25, -0.2) is 8.42 Å². The number of amides is 1. The Morgan fingerprint density at radius 3 is 2.52 bits per heavy atom. The molecule has 0 aromatic carbocycles. The first-order valence-corrected chi connectivity index (χ1v) is 14.2. The molecule has 1 aliphatic carbocycles. The highest BCUT2D eigenvalue weighted by Crippen LogP contribution is 2.32. The Labute approximate surface area is 196 Å². The number of piperidine rings is 1. The summed E-state index contributed by atoms with van der Waals surface area (Å²) in [7, 11) is -1.28. The van der Waals surface area contributed by atoms with Gasteiger partial charge < -0.3 is 10.2 Å². The fraction of sp³-hybridized carbons (Fsp3) is 0.773. The maximum Gasteiger partial charge on any atom is 0.252 e. The van der Waals surface area contributed by atoms with Crippen molar-refractivity contribution in [3.05, 3.63) is 16.5 Å². The molecule has 1 saturated heterocycles. The van der Waals surface area contributed by atoms with E-state index < -0.39 is 10.0 Å². The number of rotatable bonds is 9. The second-order valence-corrected chi connectivity index (χ2v) is 12.9. The van der Waals surface area contributed by atoms with Crippen LogP contribution in [-0.4, -0.2) is 62.8 Å². The summed E-state index contributed by atoms with van der Waals surface area (Å²) >= 11 is 6.99. The molecule has 2 fully saturated rings. The van der Waals surface area contributed by atoms with E-state index >= 15 is 0 Å². The van der Waals surface area contributed by atoms with Crippen LogP contribution in [0.15, 0.2) is 16.3 Å². The average Bonchev–Trinajstić information content (AvgIpc) is 3.23. The van der Waals surface area contributed by atoms with E-state index in [1.807, 2.05) is 6.92 Å². The highest BCUT2D eigenvalue weighted by molar-refractivity contribution is 7.91. The van der Waals surface area contributed by atoms with Crippen molar-refractivity contribution < 1.29 is 13.2 Å². The summed E-state index contributed by atoms with van der Waals surface area (Å²) in [6, 6.07) is 3.89. The molecule has 176 valence electrons. The van der Waals surface area contributed by atoms with Gasteiger partial charge in [0.15, 0.2) is 0 Å². The Hall–Kier alpha value is -0.670. The van der Waals surface area contributed by atoms with Crippen LogP contribution in [0.25, 0.3) is 0 Å². The van der Waals surface area contributed by atoms with Crippen LogP contribution in [0.1, 0.15) is 58.3 Å². The molecule has 0 spiro atoms. The third kappa shape index (κ3) is 6.67. The minimum absolute atomic E-state index is 0.0895. The second-order valence-electron chi connectivity index (χ2n) is 9.01. The summed E-state index contributed by atoms with van der Waals surface area (Å²) in [4.78, 5) is 15.1. The van der Waals surface area contributed by atoms with Crippen LogP contribution < -0.4 is 5.32 Å². The zero-order valence-electron chi connectivity index (χ0n) is 18.7. The summed E-state index contributed by atoms with van der Waals surface area (Å²) in [5, 5.41) is 3.10. The number of halogens is 1. The van der Waals surface area contributed by atoms with E-state index in [2.05, 4.69) is 17.3 Å². The standard InChI is InChI=1S/C22H36ClN3O3S2/c1-17(22(27)24-13-6-14-25(2)19-7-4-3-5-8-19)18-11-15-26(16-12-18)31(28,29)21-10-9-20(23)30-21/h9-10,17-19H,3-8,11-16H2,1-2H3,(H,24,27)/t17-/m1/s1. The first kappa shape index (κ1) is 25.0. The molecule has 1 saturated carbocycles. The van der Waals surface area contributed by atoms with Gasteiger partial charge in [0.05, 0.1) is 4.34 Å². The Bertz CT molecular complexity index is 816. The van der Waals surface area contributed by atoms with Gasteiger partial charge in [-0.2, -0.15) is 4.31 Å². The Kier molecular flexibility index (Phi) is 9.22. The lowest BCUT2D eigenvalue weighted by Gasteiger charge is -2.33. The van der Waals surface area contributed by atoms with Gasteiger partial charge in [0.1, 0.15) is 4.21 Å². The maximum atomic E-state index is 12.7. The average molecular weight is 490 g/mol. The van der Waals surface area contributed by atoms with E-state index in [4.69, 9.17) is 11.6 Å². The van der Waals surface area contributed by atoms with Crippen molar-refractivity contribution in [1.82, 2.24) is 14.5 Å². The number of carbonyl (C=O) groups is 1. The molecule has 1 N–H and O–H groups in total. The lowest BCUT2D eigenvalue weighted by molar-refractivity contribution is -0.126. The topological polar surface area (TPSA) is 69.7 Å². The fourth-order valence-corrected chi connectivity index (χ4v) is 7.91. The fourth-order valence-electron chi connectivity index (χ4n) is 4.80. The number of thiophene rings is 1. The van der Waals surface area contributed by atoms with Gasteiger partial charge in [0, 0.05) is 31.6 Å². The van der Waals surface area contributed by atoms with Crippen LogP contribution in [0.2, 0.25) is 4.34 Å². The van der Waals surface area contributed by atoms with Crippen molar-refractivity contribution in [2.45, 2.75) is 68.5 Å². The Balaban J connectivity index is 1.37. The van der Waals surface area contributed by atoms with Gasteiger partial charge in [-0.15, -0.1) is 11.3 Å². The van der Waals surface area contributed by atoms with Gasteiger partial charge in [-0.3, -0.25) is 4.79 Å². The molecule has 1 amide bonds. The van der Waals surface area contributed by atoms with Crippen molar-refractivity contribution >= 4 is 38.9 Å². The molecule has 6 nitrogen and oxygen atoms in total. The van der Waals surface area contributed by atoms with Gasteiger partial charge in [-0.05, 0) is 63.7 Å². The summed E-state index contributed by atoms with van der Waals surface area (Å²) in [5.41, 5.74) is 0. The largest absolute Gasteiger partial charge is 0.356 e. The summed E-state index contributed by atoms with van der Waals surface area (Å²) in [6.07, 6.45) is 9.02. The van der Waals surface area contributed by atoms with Crippen LogP contribution in [0.5, 0.6) is 0 Å². The first-order valence-electron chi connectivity index (χ1n) is 11.5.